The molecule has 2 aliphatic heterocycles. The van der Waals surface area contributed by atoms with E-state index in [1.807, 2.05) is 76.7 Å². The van der Waals surface area contributed by atoms with Gasteiger partial charge in [0.1, 0.15) is 0 Å². The van der Waals surface area contributed by atoms with E-state index in [2.05, 4.69) is 43.3 Å². The number of ketones is 1. The summed E-state index contributed by atoms with van der Waals surface area (Å²) in [6.45, 7) is 3.69. The largest absolute Gasteiger partial charge is 0.292 e. The van der Waals surface area contributed by atoms with Crippen LogP contribution < -0.4 is 10.0 Å². The number of benzene rings is 4. The van der Waals surface area contributed by atoms with Crippen LogP contribution in [-0.4, -0.2) is 16.5 Å². The number of carbonyl (C=O) groups is 1. The zero-order valence-corrected chi connectivity index (χ0v) is 22.6. The molecule has 4 aromatic rings. The lowest BCUT2D eigenvalue weighted by molar-refractivity contribution is -0.110. The molecule has 188 valence electrons. The summed E-state index contributed by atoms with van der Waals surface area (Å²) in [6.07, 6.45) is 0.969. The number of carbonyl (C=O) groups excluding carboxylic acids is 1. The van der Waals surface area contributed by atoms with E-state index in [9.17, 15) is 4.79 Å². The Kier molecular flexibility index (Phi) is 6.30. The molecule has 0 N–H and O–H groups in total. The maximum atomic E-state index is 12.8. The van der Waals surface area contributed by atoms with Crippen molar-refractivity contribution in [1.82, 2.24) is 0 Å². The first-order valence-corrected chi connectivity index (χ1v) is 13.7. The maximum Gasteiger partial charge on any atom is 0.234 e. The molecule has 0 bridgehead atoms. The highest BCUT2D eigenvalue weighted by Crippen LogP contribution is 2.55. The Hall–Kier alpha value is -3.87. The molecule has 0 unspecified atom stereocenters. The minimum atomic E-state index is -1.02. The molecule has 1 spiro atoms. The van der Waals surface area contributed by atoms with Crippen molar-refractivity contribution in [2.45, 2.75) is 25.3 Å². The van der Waals surface area contributed by atoms with E-state index in [0.717, 1.165) is 34.5 Å². The quantitative estimate of drug-likeness (QED) is 0.266. The third-order valence-corrected chi connectivity index (χ3v) is 8.49. The average Bonchev–Trinajstić information content (AvgIpc) is 3.35. The summed E-state index contributed by atoms with van der Waals surface area (Å²) in [7, 11) is 0. The molecule has 38 heavy (non-hydrogen) atoms. The zero-order valence-electron chi connectivity index (χ0n) is 21.0. The number of hydrazone groups is 2. The van der Waals surface area contributed by atoms with Gasteiger partial charge in [-0.2, -0.15) is 10.2 Å². The highest BCUT2D eigenvalue weighted by Gasteiger charge is 2.56. The zero-order chi connectivity index (χ0) is 26.3. The van der Waals surface area contributed by atoms with Gasteiger partial charge in [0.15, 0.2) is 10.8 Å². The number of nitrogens with zero attached hydrogens (tertiary/aromatic N) is 4. The van der Waals surface area contributed by atoms with Crippen LogP contribution in [0.2, 0.25) is 5.02 Å². The monoisotopic (exact) mass is 536 g/mol. The van der Waals surface area contributed by atoms with Crippen molar-refractivity contribution in [2.24, 2.45) is 10.2 Å². The summed E-state index contributed by atoms with van der Waals surface area (Å²) in [6, 6.07) is 34.3. The second-order valence-corrected chi connectivity index (χ2v) is 10.7. The fraction of sp³-hybridized carbons (Fsp3) is 0.129. The van der Waals surface area contributed by atoms with Crippen molar-refractivity contribution >= 4 is 51.3 Å². The van der Waals surface area contributed by atoms with Crippen LogP contribution in [0.25, 0.3) is 0 Å². The predicted molar refractivity (Wildman–Crippen MR) is 158 cm³/mol. The van der Waals surface area contributed by atoms with Gasteiger partial charge in [0, 0.05) is 23.6 Å². The van der Waals surface area contributed by atoms with Crippen LogP contribution >= 0.6 is 23.4 Å². The molecular weight excluding hydrogens is 512 g/mol. The van der Waals surface area contributed by atoms with Gasteiger partial charge in [0.05, 0.1) is 22.1 Å². The lowest BCUT2D eigenvalue weighted by Crippen LogP contribution is -2.54. The lowest BCUT2D eigenvalue weighted by atomic mass is 9.92. The number of fused-ring (bicyclic) bond motifs is 2. The van der Waals surface area contributed by atoms with Crippen molar-refractivity contribution in [1.29, 1.82) is 0 Å². The van der Waals surface area contributed by atoms with E-state index in [0.29, 0.717) is 15.8 Å². The summed E-state index contributed by atoms with van der Waals surface area (Å²) < 4.78 is 0. The summed E-state index contributed by atoms with van der Waals surface area (Å²) in [5.41, 5.74) is 6.66. The Morgan fingerprint density at radius 2 is 1.53 bits per heavy atom. The number of Topliss-reactive ketones (excluding diaryl/α,β-unsaturated/α-hetero) is 1. The topological polar surface area (TPSA) is 48.3 Å². The van der Waals surface area contributed by atoms with Crippen LogP contribution in [-0.2, 0) is 16.2 Å². The SMILES string of the molecule is CCc1ccc(C2=NN(c3ccccc3)[C@@]3(SC(C(C)=O)=NN3c3ccccc3Cl)c3ccccc32)cc1. The highest BCUT2D eigenvalue weighted by molar-refractivity contribution is 8.17. The van der Waals surface area contributed by atoms with Crippen LogP contribution in [0, 0.1) is 0 Å². The summed E-state index contributed by atoms with van der Waals surface area (Å²) >= 11 is 8.14. The number of hydrogen-bond donors (Lipinski definition) is 0. The molecule has 0 fully saturated rings. The molecule has 0 amide bonds. The third-order valence-electron chi connectivity index (χ3n) is 6.76. The summed E-state index contributed by atoms with van der Waals surface area (Å²) in [5, 5.41) is 14.9. The van der Waals surface area contributed by atoms with Crippen molar-refractivity contribution < 1.29 is 4.79 Å². The summed E-state index contributed by atoms with van der Waals surface area (Å²) in [4.78, 5) is 11.8. The van der Waals surface area contributed by atoms with Crippen LogP contribution in [0.1, 0.15) is 36.1 Å². The van der Waals surface area contributed by atoms with Gasteiger partial charge in [-0.1, -0.05) is 97.4 Å². The fourth-order valence-corrected chi connectivity index (χ4v) is 6.36. The fourth-order valence-electron chi connectivity index (χ4n) is 4.86. The standard InChI is InChI=1S/C31H25ClN4OS/c1-3-22-17-19-23(20-18-22)29-25-13-7-8-14-26(25)31(35(33-29)24-11-5-4-6-12-24)36(34-30(38-31)21(2)37)28-16-10-9-15-27(28)32/h4-20H,3H2,1-2H3/t31-/m0/s1. The van der Waals surface area contributed by atoms with Gasteiger partial charge in [-0.3, -0.25) is 4.79 Å². The number of para-hydroxylation sites is 2. The first kappa shape index (κ1) is 24.5. The molecule has 6 rings (SSSR count). The molecule has 2 heterocycles. The van der Waals surface area contributed by atoms with Crippen LogP contribution in [0.3, 0.4) is 0 Å². The van der Waals surface area contributed by atoms with Gasteiger partial charge in [0.25, 0.3) is 0 Å². The van der Waals surface area contributed by atoms with Gasteiger partial charge in [0.2, 0.25) is 4.99 Å². The van der Waals surface area contributed by atoms with Gasteiger partial charge in [-0.15, -0.1) is 0 Å². The summed E-state index contributed by atoms with van der Waals surface area (Å²) in [5.74, 6) is -0.112. The molecule has 7 heteroatoms. The van der Waals surface area contributed by atoms with E-state index in [4.69, 9.17) is 21.8 Å². The Morgan fingerprint density at radius 3 is 2.24 bits per heavy atom. The Labute approximate surface area is 231 Å². The smallest absolute Gasteiger partial charge is 0.234 e. The maximum absolute atomic E-state index is 12.8. The van der Waals surface area contributed by atoms with Gasteiger partial charge >= 0.3 is 0 Å². The number of thioether (sulfide) groups is 1. The number of hydrogen-bond acceptors (Lipinski definition) is 6. The molecule has 2 aliphatic rings. The first-order valence-electron chi connectivity index (χ1n) is 12.5. The van der Waals surface area contributed by atoms with Crippen molar-refractivity contribution in [3.63, 3.8) is 0 Å². The first-order chi connectivity index (χ1) is 18.5. The molecule has 0 radical (unpaired) electrons. The normalized spacial score (nSPS) is 18.3. The Bertz CT molecular complexity index is 1590. The molecule has 0 aliphatic carbocycles. The van der Waals surface area contributed by atoms with Crippen LogP contribution in [0.4, 0.5) is 11.4 Å². The van der Waals surface area contributed by atoms with E-state index in [1.54, 1.807) is 6.92 Å². The molecule has 0 saturated carbocycles. The van der Waals surface area contributed by atoms with Crippen LogP contribution in [0.5, 0.6) is 0 Å². The molecule has 5 nitrogen and oxygen atoms in total. The minimum Gasteiger partial charge on any atom is -0.292 e. The number of halogens is 1. The Balaban J connectivity index is 1.66. The minimum absolute atomic E-state index is 0.112. The number of rotatable bonds is 5. The van der Waals surface area contributed by atoms with Gasteiger partial charge < -0.3 is 0 Å². The molecular formula is C31H25ClN4OS. The second-order valence-electron chi connectivity index (χ2n) is 9.13. The van der Waals surface area contributed by atoms with Crippen molar-refractivity contribution in [3.05, 3.63) is 130 Å². The third kappa shape index (κ3) is 3.92. The van der Waals surface area contributed by atoms with E-state index >= 15 is 0 Å². The highest BCUT2D eigenvalue weighted by atomic mass is 35.5. The van der Waals surface area contributed by atoms with E-state index < -0.39 is 4.99 Å². The predicted octanol–water partition coefficient (Wildman–Crippen LogP) is 7.44. The van der Waals surface area contributed by atoms with E-state index in [1.165, 1.54) is 17.3 Å². The average molecular weight is 537 g/mol. The second kappa shape index (κ2) is 9.78. The molecule has 0 aromatic heterocycles. The molecule has 4 aromatic carbocycles. The molecule has 0 saturated heterocycles. The Morgan fingerprint density at radius 1 is 0.842 bits per heavy atom. The number of aryl methyl sites for hydroxylation is 1. The van der Waals surface area contributed by atoms with Gasteiger partial charge in [-0.05, 0) is 48.0 Å². The lowest BCUT2D eigenvalue weighted by Gasteiger charge is -2.47. The van der Waals surface area contributed by atoms with Gasteiger partial charge in [-0.25, -0.2) is 10.0 Å². The number of anilines is 2. The van der Waals surface area contributed by atoms with Crippen LogP contribution in [0.15, 0.2) is 113 Å². The van der Waals surface area contributed by atoms with Crippen molar-refractivity contribution in [2.75, 3.05) is 10.0 Å². The molecule has 1 atom stereocenters. The van der Waals surface area contributed by atoms with E-state index in [-0.39, 0.29) is 5.78 Å². The van der Waals surface area contributed by atoms with Crippen molar-refractivity contribution in [3.8, 4) is 0 Å².